The average Bonchev–Trinajstić information content (AvgIpc) is 3.81. The fourth-order valence-corrected chi connectivity index (χ4v) is 7.49. The number of nitrogens with one attached hydrogen (secondary N) is 1. The van der Waals surface area contributed by atoms with Crippen LogP contribution in [0.4, 0.5) is 22.7 Å². The van der Waals surface area contributed by atoms with Gasteiger partial charge >= 0.3 is 0 Å². The molecule has 4 nitrogen and oxygen atoms in total. The van der Waals surface area contributed by atoms with Crippen LogP contribution in [0.5, 0.6) is 5.75 Å². The molecule has 0 fully saturated rings. The molecule has 2 heterocycles. The third-order valence-corrected chi connectivity index (χ3v) is 9.91. The zero-order valence-electron chi connectivity index (χ0n) is 27.7. The molecule has 8 aromatic carbocycles. The second kappa shape index (κ2) is 12.0. The van der Waals surface area contributed by atoms with E-state index in [9.17, 15) is 0 Å². The predicted octanol–water partition coefficient (Wildman–Crippen LogP) is 13.0. The lowest BCUT2D eigenvalue weighted by atomic mass is 9.97. The number of furan rings is 1. The Morgan fingerprint density at radius 2 is 1.18 bits per heavy atom. The molecule has 0 radical (unpaired) electrons. The summed E-state index contributed by atoms with van der Waals surface area (Å²) < 4.78 is 13.1. The number of benzene rings is 8. The minimum Gasteiger partial charge on any atom is -0.464 e. The van der Waals surface area contributed by atoms with E-state index in [0.717, 1.165) is 67.1 Å². The Morgan fingerprint density at radius 3 is 2.04 bits per heavy atom. The second-order valence-corrected chi connectivity index (χ2v) is 12.9. The van der Waals surface area contributed by atoms with Crippen molar-refractivity contribution >= 4 is 55.5 Å². The van der Waals surface area contributed by atoms with E-state index in [2.05, 4.69) is 162 Å². The lowest BCUT2D eigenvalue weighted by Gasteiger charge is -2.28. The van der Waals surface area contributed by atoms with Crippen molar-refractivity contribution in [1.29, 1.82) is 0 Å². The van der Waals surface area contributed by atoms with Gasteiger partial charge in [0.2, 0.25) is 0 Å². The van der Waals surface area contributed by atoms with E-state index < -0.39 is 0 Å². The normalized spacial score (nSPS) is 13.6. The quantitative estimate of drug-likeness (QED) is 0.193. The van der Waals surface area contributed by atoms with Gasteiger partial charge in [-0.1, -0.05) is 133 Å². The Morgan fingerprint density at radius 1 is 0.490 bits per heavy atom. The summed E-state index contributed by atoms with van der Waals surface area (Å²) in [6, 6.07) is 64.0. The van der Waals surface area contributed by atoms with Crippen LogP contribution >= 0.6 is 0 Å². The number of hydrogen-bond donors (Lipinski definition) is 1. The van der Waals surface area contributed by atoms with E-state index in [4.69, 9.17) is 9.15 Å². The lowest BCUT2D eigenvalue weighted by Crippen LogP contribution is -2.11. The van der Waals surface area contributed by atoms with Crippen LogP contribution in [-0.4, -0.2) is 0 Å². The molecule has 4 heteroatoms. The van der Waals surface area contributed by atoms with Gasteiger partial charge in [0.1, 0.15) is 11.2 Å². The maximum atomic E-state index is 6.58. The standard InChI is InChI=1S/C47H32N2O2/c1-3-12-32(13-4-1)39-19-9-10-21-42(39)49(35-24-22-33(23-25-35)38-20-11-17-31-14-7-8-18-37(31)38)36-26-27-40-44(30-36)50-43-29-28-41-46(45(40)43)51-47(48-41)34-15-5-2-6-16-34/h1-30,47-48H. The number of hydrogen-bond acceptors (Lipinski definition) is 4. The fraction of sp³-hybridized carbons (Fsp3) is 0.0213. The SMILES string of the molecule is c1ccc(-c2ccccc2N(c2ccc(-c3cccc4ccccc34)cc2)c2ccc3c(c2)oc2ccc4c(c23)OC(c2ccccc2)N4)cc1. The van der Waals surface area contributed by atoms with Crippen LogP contribution < -0.4 is 15.0 Å². The molecule has 51 heavy (non-hydrogen) atoms. The molecule has 10 rings (SSSR count). The van der Waals surface area contributed by atoms with Crippen molar-refractivity contribution in [2.75, 3.05) is 10.2 Å². The molecule has 0 amide bonds. The highest BCUT2D eigenvalue weighted by molar-refractivity contribution is 6.12. The molecule has 0 aliphatic carbocycles. The Bertz CT molecular complexity index is 2690. The van der Waals surface area contributed by atoms with Crippen LogP contribution in [0.2, 0.25) is 0 Å². The summed E-state index contributed by atoms with van der Waals surface area (Å²) in [6.07, 6.45) is -0.252. The van der Waals surface area contributed by atoms with Gasteiger partial charge in [0.05, 0.1) is 16.8 Å². The fourth-order valence-electron chi connectivity index (χ4n) is 7.49. The molecule has 1 aromatic heterocycles. The first-order valence-electron chi connectivity index (χ1n) is 17.3. The van der Waals surface area contributed by atoms with Crippen molar-refractivity contribution in [1.82, 2.24) is 0 Å². The number of fused-ring (bicyclic) bond motifs is 6. The summed E-state index contributed by atoms with van der Waals surface area (Å²) in [4.78, 5) is 2.33. The van der Waals surface area contributed by atoms with Crippen molar-refractivity contribution in [2.45, 2.75) is 6.23 Å². The van der Waals surface area contributed by atoms with Gasteiger partial charge in [-0.25, -0.2) is 0 Å². The monoisotopic (exact) mass is 656 g/mol. The van der Waals surface area contributed by atoms with Gasteiger partial charge < -0.3 is 19.4 Å². The Kier molecular flexibility index (Phi) is 6.85. The van der Waals surface area contributed by atoms with Crippen molar-refractivity contribution in [3.05, 3.63) is 188 Å². The van der Waals surface area contributed by atoms with E-state index >= 15 is 0 Å². The molecular weight excluding hydrogens is 625 g/mol. The van der Waals surface area contributed by atoms with Crippen LogP contribution in [-0.2, 0) is 0 Å². The summed E-state index contributed by atoms with van der Waals surface area (Å²) in [6.45, 7) is 0. The van der Waals surface area contributed by atoms with Crippen LogP contribution in [0.1, 0.15) is 11.8 Å². The summed E-state index contributed by atoms with van der Waals surface area (Å²) in [5, 5.41) is 8.03. The largest absolute Gasteiger partial charge is 0.464 e. The Hall–Kier alpha value is -6.78. The second-order valence-electron chi connectivity index (χ2n) is 12.9. The van der Waals surface area contributed by atoms with Gasteiger partial charge in [0, 0.05) is 34.0 Å². The maximum absolute atomic E-state index is 6.58. The smallest absolute Gasteiger partial charge is 0.196 e. The van der Waals surface area contributed by atoms with Crippen molar-refractivity contribution in [3.63, 3.8) is 0 Å². The first kappa shape index (κ1) is 29.2. The van der Waals surface area contributed by atoms with E-state index in [1.807, 2.05) is 30.3 Å². The molecule has 0 bridgehead atoms. The zero-order valence-corrected chi connectivity index (χ0v) is 27.7. The number of ether oxygens (including phenoxy) is 1. The first-order chi connectivity index (χ1) is 25.3. The molecule has 242 valence electrons. The van der Waals surface area contributed by atoms with Gasteiger partial charge in [-0.2, -0.15) is 0 Å². The molecule has 0 saturated heterocycles. The van der Waals surface area contributed by atoms with E-state index in [-0.39, 0.29) is 6.23 Å². The summed E-state index contributed by atoms with van der Waals surface area (Å²) in [7, 11) is 0. The third-order valence-electron chi connectivity index (χ3n) is 9.91. The van der Waals surface area contributed by atoms with Crippen LogP contribution in [0.15, 0.2) is 186 Å². The number of nitrogens with zero attached hydrogens (tertiary/aromatic N) is 1. The van der Waals surface area contributed by atoms with Crippen LogP contribution in [0.3, 0.4) is 0 Å². The van der Waals surface area contributed by atoms with Crippen LogP contribution in [0, 0.1) is 0 Å². The molecule has 1 aliphatic heterocycles. The van der Waals surface area contributed by atoms with E-state index in [1.54, 1.807) is 0 Å². The van der Waals surface area contributed by atoms with Crippen molar-refractivity contribution in [2.24, 2.45) is 0 Å². The number of rotatable bonds is 6. The number of anilines is 4. The molecule has 1 N–H and O–H groups in total. The Balaban J connectivity index is 1.11. The zero-order chi connectivity index (χ0) is 33.7. The summed E-state index contributed by atoms with van der Waals surface area (Å²) in [5.74, 6) is 0.822. The number of para-hydroxylation sites is 1. The Labute approximate surface area is 295 Å². The lowest BCUT2D eigenvalue weighted by molar-refractivity contribution is 0.263. The van der Waals surface area contributed by atoms with E-state index in [0.29, 0.717) is 0 Å². The average molecular weight is 657 g/mol. The van der Waals surface area contributed by atoms with Crippen molar-refractivity contribution < 1.29 is 9.15 Å². The molecule has 9 aromatic rings. The highest BCUT2D eigenvalue weighted by Crippen LogP contribution is 2.48. The van der Waals surface area contributed by atoms with Gasteiger partial charge in [-0.3, -0.25) is 0 Å². The molecule has 1 unspecified atom stereocenters. The molecule has 1 atom stereocenters. The minimum atomic E-state index is -0.252. The predicted molar refractivity (Wildman–Crippen MR) is 210 cm³/mol. The molecule has 0 saturated carbocycles. The molecule has 1 aliphatic rings. The van der Waals surface area contributed by atoms with E-state index in [1.165, 1.54) is 21.9 Å². The third kappa shape index (κ3) is 5.00. The van der Waals surface area contributed by atoms with Gasteiger partial charge in [0.25, 0.3) is 0 Å². The van der Waals surface area contributed by atoms with Gasteiger partial charge in [0.15, 0.2) is 12.0 Å². The van der Waals surface area contributed by atoms with Gasteiger partial charge in [-0.15, -0.1) is 0 Å². The first-order valence-corrected chi connectivity index (χ1v) is 17.3. The summed E-state index contributed by atoms with van der Waals surface area (Å²) in [5.41, 5.74) is 11.5. The molecular formula is C47H32N2O2. The minimum absolute atomic E-state index is 0.252. The molecule has 0 spiro atoms. The summed E-state index contributed by atoms with van der Waals surface area (Å²) >= 11 is 0. The topological polar surface area (TPSA) is 37.6 Å². The maximum Gasteiger partial charge on any atom is 0.196 e. The van der Waals surface area contributed by atoms with Crippen molar-refractivity contribution in [3.8, 4) is 28.0 Å². The highest BCUT2D eigenvalue weighted by atomic mass is 16.5. The van der Waals surface area contributed by atoms with Gasteiger partial charge in [-0.05, 0) is 69.9 Å². The van der Waals surface area contributed by atoms with Crippen LogP contribution in [0.25, 0.3) is 55.0 Å². The highest BCUT2D eigenvalue weighted by Gasteiger charge is 2.28.